The highest BCUT2D eigenvalue weighted by atomic mass is 16.3. The number of nitrogens with zero attached hydrogens (tertiary/aromatic N) is 2. The highest BCUT2D eigenvalue weighted by molar-refractivity contribution is 5.76. The molecule has 4 nitrogen and oxygen atoms in total. The van der Waals surface area contributed by atoms with Gasteiger partial charge in [-0.2, -0.15) is 0 Å². The van der Waals surface area contributed by atoms with Crippen LogP contribution in [0, 0.1) is 11.8 Å². The third kappa shape index (κ3) is 4.83. The lowest BCUT2D eigenvalue weighted by Crippen LogP contribution is -2.51. The Hall–Kier alpha value is -1.39. The molecule has 25 heavy (non-hydrogen) atoms. The van der Waals surface area contributed by atoms with E-state index >= 15 is 0 Å². The molecule has 2 aliphatic rings. The van der Waals surface area contributed by atoms with Gasteiger partial charge in [-0.1, -0.05) is 37.3 Å². The SMILES string of the molecule is C[C@@H]1CN(C(=O)CC2CCN(Cc3ccccc3)CC2)CC[C@]1(C)O. The second kappa shape index (κ2) is 7.88. The van der Waals surface area contributed by atoms with Crippen LogP contribution in [-0.4, -0.2) is 52.6 Å². The van der Waals surface area contributed by atoms with Gasteiger partial charge in [-0.3, -0.25) is 9.69 Å². The zero-order valence-electron chi connectivity index (χ0n) is 15.7. The number of amides is 1. The smallest absolute Gasteiger partial charge is 0.222 e. The van der Waals surface area contributed by atoms with Crippen molar-refractivity contribution in [1.82, 2.24) is 9.80 Å². The molecule has 0 radical (unpaired) electrons. The lowest BCUT2D eigenvalue weighted by Gasteiger charge is -2.41. The molecule has 0 bridgehead atoms. The van der Waals surface area contributed by atoms with Crippen LogP contribution in [0.2, 0.25) is 0 Å². The van der Waals surface area contributed by atoms with Crippen LogP contribution < -0.4 is 0 Å². The predicted molar refractivity (Wildman–Crippen MR) is 100 cm³/mol. The van der Waals surface area contributed by atoms with E-state index in [-0.39, 0.29) is 11.8 Å². The van der Waals surface area contributed by atoms with Crippen LogP contribution in [0.5, 0.6) is 0 Å². The molecule has 4 heteroatoms. The number of hydrogen-bond acceptors (Lipinski definition) is 3. The molecule has 0 saturated carbocycles. The first kappa shape index (κ1) is 18.4. The van der Waals surface area contributed by atoms with Crippen LogP contribution in [0.15, 0.2) is 30.3 Å². The van der Waals surface area contributed by atoms with E-state index in [4.69, 9.17) is 0 Å². The second-order valence-electron chi connectivity index (χ2n) is 8.26. The van der Waals surface area contributed by atoms with Gasteiger partial charge in [0.1, 0.15) is 0 Å². The normalized spacial score (nSPS) is 28.9. The number of aliphatic hydroxyl groups is 1. The number of rotatable bonds is 4. The van der Waals surface area contributed by atoms with Crippen LogP contribution in [-0.2, 0) is 11.3 Å². The average Bonchev–Trinajstić information content (AvgIpc) is 2.60. The van der Waals surface area contributed by atoms with Crippen LogP contribution in [0.1, 0.15) is 45.1 Å². The van der Waals surface area contributed by atoms with Gasteiger partial charge < -0.3 is 10.0 Å². The molecular formula is C21H32N2O2. The molecule has 2 aliphatic heterocycles. The third-order valence-electron chi connectivity index (χ3n) is 6.22. The predicted octanol–water partition coefficient (Wildman–Crippen LogP) is 2.91. The highest BCUT2D eigenvalue weighted by Gasteiger charge is 2.36. The second-order valence-corrected chi connectivity index (χ2v) is 8.26. The van der Waals surface area contributed by atoms with Crippen molar-refractivity contribution < 1.29 is 9.90 Å². The summed E-state index contributed by atoms with van der Waals surface area (Å²) in [6.45, 7) is 8.50. The largest absolute Gasteiger partial charge is 0.390 e. The topological polar surface area (TPSA) is 43.8 Å². The Morgan fingerprint density at radius 2 is 1.88 bits per heavy atom. The van der Waals surface area contributed by atoms with Gasteiger partial charge in [0.05, 0.1) is 5.60 Å². The fourth-order valence-corrected chi connectivity index (χ4v) is 4.02. The summed E-state index contributed by atoms with van der Waals surface area (Å²) in [5.41, 5.74) is 0.742. The molecule has 2 saturated heterocycles. The lowest BCUT2D eigenvalue weighted by molar-refractivity contribution is -0.139. The highest BCUT2D eigenvalue weighted by Crippen LogP contribution is 2.29. The number of carbonyl (C=O) groups is 1. The summed E-state index contributed by atoms with van der Waals surface area (Å²) in [5.74, 6) is 0.944. The lowest BCUT2D eigenvalue weighted by atomic mass is 9.83. The summed E-state index contributed by atoms with van der Waals surface area (Å²) in [7, 11) is 0. The van der Waals surface area contributed by atoms with Crippen molar-refractivity contribution in [3.8, 4) is 0 Å². The zero-order valence-corrected chi connectivity index (χ0v) is 15.7. The van der Waals surface area contributed by atoms with Crippen LogP contribution in [0.4, 0.5) is 0 Å². The molecule has 1 amide bonds. The molecule has 2 heterocycles. The molecule has 1 N–H and O–H groups in total. The summed E-state index contributed by atoms with van der Waals surface area (Å²) in [5, 5.41) is 10.3. The molecule has 0 aromatic heterocycles. The van der Waals surface area contributed by atoms with Crippen molar-refractivity contribution in [2.75, 3.05) is 26.2 Å². The van der Waals surface area contributed by atoms with E-state index in [2.05, 4.69) is 35.2 Å². The summed E-state index contributed by atoms with van der Waals surface area (Å²) < 4.78 is 0. The number of benzene rings is 1. The van der Waals surface area contributed by atoms with Crippen molar-refractivity contribution in [2.45, 2.75) is 51.7 Å². The minimum atomic E-state index is -0.625. The monoisotopic (exact) mass is 344 g/mol. The Morgan fingerprint density at radius 3 is 2.52 bits per heavy atom. The van der Waals surface area contributed by atoms with E-state index in [0.29, 0.717) is 31.8 Å². The first-order chi connectivity index (χ1) is 11.9. The third-order valence-corrected chi connectivity index (χ3v) is 6.22. The molecule has 0 aliphatic carbocycles. The van der Waals surface area contributed by atoms with E-state index in [1.165, 1.54) is 5.56 Å². The van der Waals surface area contributed by atoms with Gasteiger partial charge >= 0.3 is 0 Å². The number of hydrogen-bond donors (Lipinski definition) is 1. The number of likely N-dealkylation sites (tertiary alicyclic amines) is 2. The van der Waals surface area contributed by atoms with Gasteiger partial charge in [0.15, 0.2) is 0 Å². The Balaban J connectivity index is 1.42. The summed E-state index contributed by atoms with van der Waals surface area (Å²) >= 11 is 0. The van der Waals surface area contributed by atoms with Crippen molar-refractivity contribution in [3.05, 3.63) is 35.9 Å². The maximum Gasteiger partial charge on any atom is 0.222 e. The fraction of sp³-hybridized carbons (Fsp3) is 0.667. The molecule has 0 unspecified atom stereocenters. The van der Waals surface area contributed by atoms with E-state index in [1.54, 1.807) is 0 Å². The number of carbonyl (C=O) groups excluding carboxylic acids is 1. The Morgan fingerprint density at radius 1 is 1.20 bits per heavy atom. The molecule has 2 atom stereocenters. The first-order valence-corrected chi connectivity index (χ1v) is 9.70. The fourth-order valence-electron chi connectivity index (χ4n) is 4.02. The molecule has 138 valence electrons. The number of piperidine rings is 2. The summed E-state index contributed by atoms with van der Waals surface area (Å²) in [6.07, 6.45) is 3.59. The molecule has 0 spiro atoms. The molecular weight excluding hydrogens is 312 g/mol. The van der Waals surface area contributed by atoms with Gasteiger partial charge in [-0.15, -0.1) is 0 Å². The van der Waals surface area contributed by atoms with Crippen molar-refractivity contribution >= 4 is 5.91 Å². The van der Waals surface area contributed by atoms with Crippen LogP contribution >= 0.6 is 0 Å². The standard InChI is InChI=1S/C21H32N2O2/c1-17-15-23(13-10-21(17,2)25)20(24)14-18-8-11-22(12-9-18)16-19-6-4-3-5-7-19/h3-7,17-18,25H,8-16H2,1-2H3/t17-,21+/m1/s1. The minimum absolute atomic E-state index is 0.151. The minimum Gasteiger partial charge on any atom is -0.390 e. The summed E-state index contributed by atoms with van der Waals surface area (Å²) in [4.78, 5) is 17.1. The van der Waals surface area contributed by atoms with Crippen LogP contribution in [0.3, 0.4) is 0 Å². The Kier molecular flexibility index (Phi) is 5.80. The van der Waals surface area contributed by atoms with Gasteiger partial charge in [0, 0.05) is 32.0 Å². The zero-order chi connectivity index (χ0) is 17.9. The van der Waals surface area contributed by atoms with Crippen LogP contribution in [0.25, 0.3) is 0 Å². The average molecular weight is 344 g/mol. The van der Waals surface area contributed by atoms with Gasteiger partial charge in [0.2, 0.25) is 5.91 Å². The molecule has 2 fully saturated rings. The van der Waals surface area contributed by atoms with Gasteiger partial charge in [-0.05, 0) is 50.8 Å². The molecule has 1 aromatic rings. The van der Waals surface area contributed by atoms with E-state index in [9.17, 15) is 9.90 Å². The Labute approximate surface area is 151 Å². The molecule has 1 aromatic carbocycles. The van der Waals surface area contributed by atoms with Crippen molar-refractivity contribution in [2.24, 2.45) is 11.8 Å². The maximum atomic E-state index is 12.6. The first-order valence-electron chi connectivity index (χ1n) is 9.70. The Bertz CT molecular complexity index is 565. The van der Waals surface area contributed by atoms with Gasteiger partial charge in [0.25, 0.3) is 0 Å². The van der Waals surface area contributed by atoms with Gasteiger partial charge in [-0.25, -0.2) is 0 Å². The van der Waals surface area contributed by atoms with E-state index in [1.807, 2.05) is 18.7 Å². The summed E-state index contributed by atoms with van der Waals surface area (Å²) in [6, 6.07) is 10.6. The van der Waals surface area contributed by atoms with E-state index in [0.717, 1.165) is 32.5 Å². The maximum absolute atomic E-state index is 12.6. The van der Waals surface area contributed by atoms with Crippen molar-refractivity contribution in [3.63, 3.8) is 0 Å². The molecule has 3 rings (SSSR count). The van der Waals surface area contributed by atoms with Crippen molar-refractivity contribution in [1.29, 1.82) is 0 Å². The quantitative estimate of drug-likeness (QED) is 0.913. The van der Waals surface area contributed by atoms with E-state index < -0.39 is 5.60 Å².